The Bertz CT molecular complexity index is 531. The molecule has 0 spiro atoms. The Kier molecular flexibility index (Phi) is 5.21. The highest BCUT2D eigenvalue weighted by Gasteiger charge is 2.30. The lowest BCUT2D eigenvalue weighted by Gasteiger charge is -2.31. The maximum absolute atomic E-state index is 12.7. The minimum atomic E-state index is -0.179. The van der Waals surface area contributed by atoms with Gasteiger partial charge in [-0.2, -0.15) is 0 Å². The molecule has 1 heterocycles. The van der Waals surface area contributed by atoms with Gasteiger partial charge in [-0.3, -0.25) is 15.0 Å². The SMILES string of the molecule is COc1cccc(OC)c1C(=O)N1CCC(C(=O)NN)CC1. The Morgan fingerprint density at radius 3 is 2.18 bits per heavy atom. The third-order valence-electron chi connectivity index (χ3n) is 3.94. The maximum Gasteiger partial charge on any atom is 0.261 e. The summed E-state index contributed by atoms with van der Waals surface area (Å²) >= 11 is 0. The number of hydrogen-bond donors (Lipinski definition) is 2. The van der Waals surface area contributed by atoms with Gasteiger partial charge in [0.05, 0.1) is 14.2 Å². The molecule has 0 aromatic heterocycles. The van der Waals surface area contributed by atoms with Crippen LogP contribution in [0.3, 0.4) is 0 Å². The molecule has 1 aliphatic heterocycles. The average Bonchev–Trinajstić information content (AvgIpc) is 2.59. The average molecular weight is 307 g/mol. The van der Waals surface area contributed by atoms with Crippen molar-refractivity contribution in [3.05, 3.63) is 23.8 Å². The number of amides is 2. The summed E-state index contributed by atoms with van der Waals surface area (Å²) in [4.78, 5) is 26.0. The van der Waals surface area contributed by atoms with Crippen LogP contribution in [0.1, 0.15) is 23.2 Å². The number of carbonyl (C=O) groups is 2. The number of hydrazine groups is 1. The van der Waals surface area contributed by atoms with Crippen LogP contribution in [0.2, 0.25) is 0 Å². The quantitative estimate of drug-likeness (QED) is 0.481. The predicted molar refractivity (Wildman–Crippen MR) is 80.5 cm³/mol. The molecule has 0 aliphatic carbocycles. The molecule has 1 aliphatic rings. The van der Waals surface area contributed by atoms with Crippen LogP contribution in [-0.4, -0.2) is 44.0 Å². The van der Waals surface area contributed by atoms with E-state index >= 15 is 0 Å². The second kappa shape index (κ2) is 7.13. The summed E-state index contributed by atoms with van der Waals surface area (Å²) in [6, 6.07) is 5.22. The van der Waals surface area contributed by atoms with E-state index in [1.165, 1.54) is 14.2 Å². The molecular formula is C15H21N3O4. The smallest absolute Gasteiger partial charge is 0.261 e. The van der Waals surface area contributed by atoms with Crippen LogP contribution in [0.4, 0.5) is 0 Å². The zero-order chi connectivity index (χ0) is 16.1. The number of nitrogens with one attached hydrogen (secondary N) is 1. The van der Waals surface area contributed by atoms with Gasteiger partial charge in [0.2, 0.25) is 5.91 Å². The van der Waals surface area contributed by atoms with E-state index in [-0.39, 0.29) is 17.7 Å². The summed E-state index contributed by atoms with van der Waals surface area (Å²) in [5.74, 6) is 5.63. The van der Waals surface area contributed by atoms with Crippen LogP contribution >= 0.6 is 0 Å². The van der Waals surface area contributed by atoms with Crippen molar-refractivity contribution in [3.63, 3.8) is 0 Å². The molecule has 7 nitrogen and oxygen atoms in total. The van der Waals surface area contributed by atoms with E-state index in [0.717, 1.165) is 0 Å². The molecule has 0 atom stereocenters. The van der Waals surface area contributed by atoms with E-state index in [1.807, 2.05) is 0 Å². The second-order valence-electron chi connectivity index (χ2n) is 5.11. The fourth-order valence-electron chi connectivity index (χ4n) is 2.68. The van der Waals surface area contributed by atoms with Crippen LogP contribution in [0.15, 0.2) is 18.2 Å². The number of piperidine rings is 1. The van der Waals surface area contributed by atoms with Crippen molar-refractivity contribution in [2.45, 2.75) is 12.8 Å². The largest absolute Gasteiger partial charge is 0.496 e. The third-order valence-corrected chi connectivity index (χ3v) is 3.94. The normalized spacial score (nSPS) is 15.3. The zero-order valence-electron chi connectivity index (χ0n) is 12.8. The van der Waals surface area contributed by atoms with E-state index < -0.39 is 0 Å². The maximum atomic E-state index is 12.7. The molecule has 2 rings (SSSR count). The first kappa shape index (κ1) is 16.1. The molecule has 0 radical (unpaired) electrons. The first-order chi connectivity index (χ1) is 10.6. The van der Waals surface area contributed by atoms with E-state index in [0.29, 0.717) is 43.0 Å². The first-order valence-corrected chi connectivity index (χ1v) is 7.13. The van der Waals surface area contributed by atoms with Crippen molar-refractivity contribution in [1.82, 2.24) is 10.3 Å². The molecule has 1 aromatic carbocycles. The van der Waals surface area contributed by atoms with Gasteiger partial charge in [-0.25, -0.2) is 5.84 Å². The van der Waals surface area contributed by atoms with Gasteiger partial charge in [-0.1, -0.05) is 6.07 Å². The zero-order valence-corrected chi connectivity index (χ0v) is 12.8. The summed E-state index contributed by atoms with van der Waals surface area (Å²) in [7, 11) is 3.03. The van der Waals surface area contributed by atoms with Crippen molar-refractivity contribution < 1.29 is 19.1 Å². The van der Waals surface area contributed by atoms with Crippen molar-refractivity contribution in [3.8, 4) is 11.5 Å². The van der Waals surface area contributed by atoms with Gasteiger partial charge in [-0.15, -0.1) is 0 Å². The van der Waals surface area contributed by atoms with Crippen molar-refractivity contribution >= 4 is 11.8 Å². The lowest BCUT2D eigenvalue weighted by Crippen LogP contribution is -2.44. The van der Waals surface area contributed by atoms with Gasteiger partial charge >= 0.3 is 0 Å². The molecule has 1 saturated heterocycles. The van der Waals surface area contributed by atoms with Gasteiger partial charge < -0.3 is 14.4 Å². The Balaban J connectivity index is 2.15. The molecule has 22 heavy (non-hydrogen) atoms. The first-order valence-electron chi connectivity index (χ1n) is 7.13. The molecule has 120 valence electrons. The number of carbonyl (C=O) groups excluding carboxylic acids is 2. The molecule has 7 heteroatoms. The van der Waals surface area contributed by atoms with Crippen molar-refractivity contribution in [2.24, 2.45) is 11.8 Å². The lowest BCUT2D eigenvalue weighted by molar-refractivity contribution is -0.126. The van der Waals surface area contributed by atoms with Gasteiger partial charge in [0, 0.05) is 19.0 Å². The highest BCUT2D eigenvalue weighted by Crippen LogP contribution is 2.30. The highest BCUT2D eigenvalue weighted by atomic mass is 16.5. The number of rotatable bonds is 4. The van der Waals surface area contributed by atoms with Crippen molar-refractivity contribution in [1.29, 1.82) is 0 Å². The fraction of sp³-hybridized carbons (Fsp3) is 0.467. The molecule has 1 aromatic rings. The number of nitrogens with zero attached hydrogens (tertiary/aromatic N) is 1. The molecule has 2 amide bonds. The van der Waals surface area contributed by atoms with Crippen LogP contribution in [0.25, 0.3) is 0 Å². The Morgan fingerprint density at radius 2 is 1.73 bits per heavy atom. The van der Waals surface area contributed by atoms with E-state index in [4.69, 9.17) is 15.3 Å². The minimum absolute atomic E-state index is 0.145. The topological polar surface area (TPSA) is 93.9 Å². The number of hydrogen-bond acceptors (Lipinski definition) is 5. The fourth-order valence-corrected chi connectivity index (χ4v) is 2.68. The Morgan fingerprint density at radius 1 is 1.18 bits per heavy atom. The monoisotopic (exact) mass is 307 g/mol. The molecule has 0 saturated carbocycles. The molecule has 0 unspecified atom stereocenters. The Hall–Kier alpha value is -2.28. The predicted octanol–water partition coefficient (Wildman–Crippen LogP) is 0.546. The van der Waals surface area contributed by atoms with Crippen LogP contribution in [0, 0.1) is 5.92 Å². The van der Waals surface area contributed by atoms with E-state index in [9.17, 15) is 9.59 Å². The van der Waals surface area contributed by atoms with Gasteiger partial charge in [0.1, 0.15) is 17.1 Å². The van der Waals surface area contributed by atoms with Gasteiger partial charge in [0.25, 0.3) is 5.91 Å². The highest BCUT2D eigenvalue weighted by molar-refractivity contribution is 5.99. The van der Waals surface area contributed by atoms with Crippen LogP contribution in [-0.2, 0) is 4.79 Å². The molecule has 3 N–H and O–H groups in total. The molecule has 0 bridgehead atoms. The standard InChI is InChI=1S/C15H21N3O4/c1-21-11-4-3-5-12(22-2)13(11)15(20)18-8-6-10(7-9-18)14(19)17-16/h3-5,10H,6-9,16H2,1-2H3,(H,17,19). The van der Waals surface area contributed by atoms with Crippen LogP contribution in [0.5, 0.6) is 11.5 Å². The number of likely N-dealkylation sites (tertiary alicyclic amines) is 1. The van der Waals surface area contributed by atoms with Crippen molar-refractivity contribution in [2.75, 3.05) is 27.3 Å². The summed E-state index contributed by atoms with van der Waals surface area (Å²) in [6.07, 6.45) is 1.18. The minimum Gasteiger partial charge on any atom is -0.496 e. The molecule has 1 fully saturated rings. The van der Waals surface area contributed by atoms with Crippen LogP contribution < -0.4 is 20.7 Å². The van der Waals surface area contributed by atoms with E-state index in [2.05, 4.69) is 5.43 Å². The third kappa shape index (κ3) is 3.14. The number of benzene rings is 1. The van der Waals surface area contributed by atoms with Gasteiger partial charge in [-0.05, 0) is 25.0 Å². The summed E-state index contributed by atoms with van der Waals surface area (Å²) in [5, 5.41) is 0. The number of methoxy groups -OCH3 is 2. The summed E-state index contributed by atoms with van der Waals surface area (Å²) < 4.78 is 10.5. The summed E-state index contributed by atoms with van der Waals surface area (Å²) in [6.45, 7) is 0.996. The molecular weight excluding hydrogens is 286 g/mol. The second-order valence-corrected chi connectivity index (χ2v) is 5.11. The number of nitrogens with two attached hydrogens (primary N) is 1. The Labute approximate surface area is 129 Å². The van der Waals surface area contributed by atoms with Gasteiger partial charge in [0.15, 0.2) is 0 Å². The lowest BCUT2D eigenvalue weighted by atomic mass is 9.95. The number of ether oxygens (including phenoxy) is 2. The van der Waals surface area contributed by atoms with E-state index in [1.54, 1.807) is 23.1 Å². The summed E-state index contributed by atoms with van der Waals surface area (Å²) in [5.41, 5.74) is 2.58.